The summed E-state index contributed by atoms with van der Waals surface area (Å²) in [4.78, 5) is 3.97. The third kappa shape index (κ3) is 3.12. The van der Waals surface area contributed by atoms with Crippen LogP contribution < -0.4 is 11.5 Å². The van der Waals surface area contributed by atoms with Gasteiger partial charge in [0.2, 0.25) is 0 Å². The van der Waals surface area contributed by atoms with Crippen molar-refractivity contribution in [2.45, 2.75) is 18.5 Å². The second-order valence-corrected chi connectivity index (χ2v) is 4.16. The average molecular weight is 227 g/mol. The van der Waals surface area contributed by atoms with Crippen molar-refractivity contribution in [1.82, 2.24) is 4.98 Å². The lowest BCUT2D eigenvalue weighted by Crippen LogP contribution is -2.35. The van der Waals surface area contributed by atoms with Crippen LogP contribution in [0.4, 0.5) is 0 Å². The minimum atomic E-state index is -0.154. The van der Waals surface area contributed by atoms with Crippen LogP contribution >= 0.6 is 0 Å². The molecule has 1 aromatic heterocycles. The van der Waals surface area contributed by atoms with Gasteiger partial charge in [-0.1, -0.05) is 30.3 Å². The third-order valence-electron chi connectivity index (χ3n) is 2.87. The highest BCUT2D eigenvalue weighted by molar-refractivity contribution is 5.20. The van der Waals surface area contributed by atoms with E-state index in [1.165, 1.54) is 5.56 Å². The highest BCUT2D eigenvalue weighted by atomic mass is 14.8. The lowest BCUT2D eigenvalue weighted by molar-refractivity contribution is 0.544. The molecule has 0 aliphatic heterocycles. The Labute approximate surface area is 101 Å². The van der Waals surface area contributed by atoms with Gasteiger partial charge in [0.1, 0.15) is 0 Å². The minimum Gasteiger partial charge on any atom is -0.326 e. The predicted octanol–water partition coefficient (Wildman–Crippen LogP) is 1.65. The Morgan fingerprint density at radius 3 is 2.24 bits per heavy atom. The summed E-state index contributed by atoms with van der Waals surface area (Å²) in [5.74, 6) is 0. The summed E-state index contributed by atoms with van der Waals surface area (Å²) in [5.41, 5.74) is 14.5. The van der Waals surface area contributed by atoms with Crippen LogP contribution in [0.25, 0.3) is 0 Å². The van der Waals surface area contributed by atoms with E-state index >= 15 is 0 Å². The molecule has 0 amide bonds. The molecule has 3 nitrogen and oxygen atoms in total. The molecule has 1 heterocycles. The van der Waals surface area contributed by atoms with E-state index in [9.17, 15) is 0 Å². The van der Waals surface area contributed by atoms with Crippen LogP contribution in [0.2, 0.25) is 0 Å². The first-order chi connectivity index (χ1) is 8.27. The minimum absolute atomic E-state index is 0.0835. The third-order valence-corrected chi connectivity index (χ3v) is 2.87. The van der Waals surface area contributed by atoms with E-state index in [0.717, 1.165) is 12.0 Å². The fourth-order valence-corrected chi connectivity index (χ4v) is 1.85. The number of pyridine rings is 1. The maximum atomic E-state index is 6.14. The molecule has 0 fully saturated rings. The number of aromatic nitrogens is 1. The fourth-order valence-electron chi connectivity index (χ4n) is 1.85. The molecule has 0 spiro atoms. The molecule has 3 heteroatoms. The van der Waals surface area contributed by atoms with Crippen LogP contribution in [-0.2, 0) is 6.42 Å². The van der Waals surface area contributed by atoms with E-state index in [4.69, 9.17) is 11.5 Å². The van der Waals surface area contributed by atoms with Gasteiger partial charge in [0.25, 0.3) is 0 Å². The van der Waals surface area contributed by atoms with Gasteiger partial charge < -0.3 is 11.5 Å². The Kier molecular flexibility index (Phi) is 3.85. The molecule has 0 saturated heterocycles. The number of hydrogen-bond donors (Lipinski definition) is 2. The summed E-state index contributed by atoms with van der Waals surface area (Å²) in [7, 11) is 0. The van der Waals surface area contributed by atoms with Gasteiger partial charge in [0.15, 0.2) is 0 Å². The number of hydrogen-bond acceptors (Lipinski definition) is 3. The Hall–Kier alpha value is -1.71. The van der Waals surface area contributed by atoms with Gasteiger partial charge in [0.05, 0.1) is 0 Å². The van der Waals surface area contributed by atoms with Crippen LogP contribution in [0, 0.1) is 0 Å². The van der Waals surface area contributed by atoms with Gasteiger partial charge in [-0.2, -0.15) is 0 Å². The maximum absolute atomic E-state index is 6.14. The first-order valence-electron chi connectivity index (χ1n) is 5.72. The largest absolute Gasteiger partial charge is 0.326 e. The molecule has 0 aliphatic carbocycles. The van der Waals surface area contributed by atoms with Gasteiger partial charge in [-0.3, -0.25) is 4.98 Å². The molecule has 0 saturated carbocycles. The molecule has 2 aromatic rings. The molecule has 88 valence electrons. The van der Waals surface area contributed by atoms with Gasteiger partial charge >= 0.3 is 0 Å². The van der Waals surface area contributed by atoms with Gasteiger partial charge in [-0.05, 0) is 29.7 Å². The number of nitrogens with zero attached hydrogens (tertiary/aromatic N) is 1. The second-order valence-electron chi connectivity index (χ2n) is 4.16. The number of rotatable bonds is 4. The van der Waals surface area contributed by atoms with E-state index in [1.54, 1.807) is 12.4 Å². The van der Waals surface area contributed by atoms with Crippen molar-refractivity contribution in [3.8, 4) is 0 Å². The first-order valence-corrected chi connectivity index (χ1v) is 5.72. The molecule has 2 atom stereocenters. The van der Waals surface area contributed by atoms with E-state index in [1.807, 2.05) is 30.3 Å². The van der Waals surface area contributed by atoms with E-state index < -0.39 is 0 Å². The molecule has 17 heavy (non-hydrogen) atoms. The van der Waals surface area contributed by atoms with Crippen molar-refractivity contribution < 1.29 is 0 Å². The molecule has 4 N–H and O–H groups in total. The number of nitrogens with two attached hydrogens (primary N) is 2. The van der Waals surface area contributed by atoms with Crippen molar-refractivity contribution >= 4 is 0 Å². The van der Waals surface area contributed by atoms with Crippen LogP contribution in [0.3, 0.4) is 0 Å². The molecule has 2 rings (SSSR count). The molecular formula is C14H17N3. The normalized spacial score (nSPS) is 14.2. The van der Waals surface area contributed by atoms with Crippen molar-refractivity contribution in [2.24, 2.45) is 11.5 Å². The summed E-state index contributed by atoms with van der Waals surface area (Å²) in [5, 5.41) is 0. The molecule has 0 aliphatic rings. The van der Waals surface area contributed by atoms with Gasteiger partial charge in [-0.15, -0.1) is 0 Å². The number of benzene rings is 1. The smallest absolute Gasteiger partial charge is 0.0453 e. The van der Waals surface area contributed by atoms with E-state index in [2.05, 4.69) is 17.1 Å². The highest BCUT2D eigenvalue weighted by Crippen LogP contribution is 2.15. The zero-order valence-electron chi connectivity index (χ0n) is 9.66. The standard InChI is InChI=1S/C14H17N3/c15-13(10-11-4-2-1-3-5-11)14(16)12-6-8-17-9-7-12/h1-9,13-14H,10,15-16H2/t13-,14?/m0/s1. The summed E-state index contributed by atoms with van der Waals surface area (Å²) in [6.07, 6.45) is 4.26. The van der Waals surface area contributed by atoms with Crippen molar-refractivity contribution in [1.29, 1.82) is 0 Å². The Morgan fingerprint density at radius 1 is 0.941 bits per heavy atom. The lowest BCUT2D eigenvalue weighted by atomic mass is 9.96. The van der Waals surface area contributed by atoms with Crippen molar-refractivity contribution in [3.05, 3.63) is 66.0 Å². The SMILES string of the molecule is NC(c1ccncc1)[C@@H](N)Cc1ccccc1. The van der Waals surface area contributed by atoms with Crippen molar-refractivity contribution in [2.75, 3.05) is 0 Å². The second kappa shape index (κ2) is 5.57. The molecule has 1 aromatic carbocycles. The lowest BCUT2D eigenvalue weighted by Gasteiger charge is -2.20. The molecular weight excluding hydrogens is 210 g/mol. The first kappa shape index (κ1) is 11.8. The van der Waals surface area contributed by atoms with Gasteiger partial charge in [0, 0.05) is 24.5 Å². The van der Waals surface area contributed by atoms with Crippen molar-refractivity contribution in [3.63, 3.8) is 0 Å². The predicted molar refractivity (Wildman–Crippen MR) is 69.3 cm³/mol. The molecule has 0 radical (unpaired) electrons. The quantitative estimate of drug-likeness (QED) is 0.834. The summed E-state index contributed by atoms with van der Waals surface area (Å²) in [6, 6.07) is 13.7. The van der Waals surface area contributed by atoms with Crippen LogP contribution in [0.5, 0.6) is 0 Å². The van der Waals surface area contributed by atoms with Crippen LogP contribution in [0.1, 0.15) is 17.2 Å². The summed E-state index contributed by atoms with van der Waals surface area (Å²) < 4.78 is 0. The monoisotopic (exact) mass is 227 g/mol. The summed E-state index contributed by atoms with van der Waals surface area (Å²) >= 11 is 0. The zero-order chi connectivity index (χ0) is 12.1. The molecule has 0 bridgehead atoms. The summed E-state index contributed by atoms with van der Waals surface area (Å²) in [6.45, 7) is 0. The van der Waals surface area contributed by atoms with Gasteiger partial charge in [-0.25, -0.2) is 0 Å². The van der Waals surface area contributed by atoms with Crippen LogP contribution in [-0.4, -0.2) is 11.0 Å². The Bertz CT molecular complexity index is 442. The fraction of sp³-hybridized carbons (Fsp3) is 0.214. The van der Waals surface area contributed by atoms with E-state index in [-0.39, 0.29) is 12.1 Å². The average Bonchev–Trinajstić information content (AvgIpc) is 2.40. The van der Waals surface area contributed by atoms with E-state index in [0.29, 0.717) is 0 Å². The Morgan fingerprint density at radius 2 is 1.59 bits per heavy atom. The maximum Gasteiger partial charge on any atom is 0.0453 e. The Balaban J connectivity index is 2.03. The topological polar surface area (TPSA) is 64.9 Å². The van der Waals surface area contributed by atoms with Crippen LogP contribution in [0.15, 0.2) is 54.9 Å². The highest BCUT2D eigenvalue weighted by Gasteiger charge is 2.15. The zero-order valence-corrected chi connectivity index (χ0v) is 9.66. The molecule has 1 unspecified atom stereocenters.